The van der Waals surface area contributed by atoms with Crippen LogP contribution in [0.2, 0.25) is 0 Å². The molecule has 0 aliphatic carbocycles. The van der Waals surface area contributed by atoms with Gasteiger partial charge < -0.3 is 9.47 Å². The summed E-state index contributed by atoms with van der Waals surface area (Å²) in [4.78, 5) is 0. The van der Waals surface area contributed by atoms with Gasteiger partial charge in [-0.05, 0) is 43.2 Å². The van der Waals surface area contributed by atoms with Crippen molar-refractivity contribution in [3.05, 3.63) is 53.1 Å². The van der Waals surface area contributed by atoms with Crippen molar-refractivity contribution in [2.45, 2.75) is 13.8 Å². The number of ether oxygens (including phenoxy) is 2. The number of methoxy groups -OCH3 is 1. The fourth-order valence-corrected chi connectivity index (χ4v) is 1.74. The molecule has 0 aliphatic heterocycles. The van der Waals surface area contributed by atoms with E-state index in [1.807, 2.05) is 32.0 Å². The second kappa shape index (κ2) is 5.45. The Balaban J connectivity index is 2.42. The summed E-state index contributed by atoms with van der Waals surface area (Å²) < 4.78 is 11.0. The number of nitrogens with zero attached hydrogens (tertiary/aromatic N) is 1. The first-order chi connectivity index (χ1) is 9.13. The van der Waals surface area contributed by atoms with Crippen LogP contribution in [0.4, 0.5) is 0 Å². The molecular formula is C16H15NO2. The van der Waals surface area contributed by atoms with E-state index in [1.54, 1.807) is 25.3 Å². The molecule has 0 aromatic heterocycles. The topological polar surface area (TPSA) is 42.2 Å². The summed E-state index contributed by atoms with van der Waals surface area (Å²) in [5.74, 6) is 1.93. The first kappa shape index (κ1) is 13.0. The Kier molecular flexibility index (Phi) is 3.72. The van der Waals surface area contributed by atoms with Crippen LogP contribution in [0.1, 0.15) is 16.7 Å². The molecule has 0 saturated heterocycles. The van der Waals surface area contributed by atoms with Crippen molar-refractivity contribution >= 4 is 0 Å². The van der Waals surface area contributed by atoms with E-state index >= 15 is 0 Å². The molecule has 0 N–H and O–H groups in total. The molecule has 3 nitrogen and oxygen atoms in total. The molecule has 0 fully saturated rings. The van der Waals surface area contributed by atoms with Crippen LogP contribution >= 0.6 is 0 Å². The Morgan fingerprint density at radius 1 is 1.00 bits per heavy atom. The third kappa shape index (κ3) is 2.86. The molecule has 3 heteroatoms. The molecule has 0 bridgehead atoms. The molecule has 2 aromatic rings. The van der Waals surface area contributed by atoms with Gasteiger partial charge in [-0.3, -0.25) is 0 Å². The summed E-state index contributed by atoms with van der Waals surface area (Å²) in [6.07, 6.45) is 0. The average molecular weight is 253 g/mol. The Morgan fingerprint density at radius 2 is 1.79 bits per heavy atom. The number of benzene rings is 2. The Hall–Kier alpha value is -2.47. The van der Waals surface area contributed by atoms with Crippen LogP contribution in [0.5, 0.6) is 17.2 Å². The molecule has 2 aromatic carbocycles. The fourth-order valence-electron chi connectivity index (χ4n) is 1.74. The van der Waals surface area contributed by atoms with Gasteiger partial charge in [0.2, 0.25) is 0 Å². The lowest BCUT2D eigenvalue weighted by molar-refractivity contribution is 0.408. The smallest absolute Gasteiger partial charge is 0.148 e. The van der Waals surface area contributed by atoms with Crippen molar-refractivity contribution in [1.29, 1.82) is 5.26 Å². The maximum absolute atomic E-state index is 9.11. The average Bonchev–Trinajstić information content (AvgIpc) is 2.42. The number of hydrogen-bond acceptors (Lipinski definition) is 3. The summed E-state index contributed by atoms with van der Waals surface area (Å²) in [6, 6.07) is 13.3. The quantitative estimate of drug-likeness (QED) is 0.831. The van der Waals surface area contributed by atoms with Gasteiger partial charge >= 0.3 is 0 Å². The van der Waals surface area contributed by atoms with E-state index in [1.165, 1.54) is 0 Å². The summed E-state index contributed by atoms with van der Waals surface area (Å²) in [5.41, 5.74) is 2.63. The van der Waals surface area contributed by atoms with E-state index in [0.29, 0.717) is 17.1 Å². The summed E-state index contributed by atoms with van der Waals surface area (Å²) in [6.45, 7) is 3.98. The molecule has 0 amide bonds. The van der Waals surface area contributed by atoms with E-state index in [0.717, 1.165) is 16.9 Å². The van der Waals surface area contributed by atoms with Crippen LogP contribution in [0.25, 0.3) is 0 Å². The minimum absolute atomic E-state index is 0.488. The molecule has 0 saturated carbocycles. The maximum atomic E-state index is 9.11. The standard InChI is InChI=1S/C16H15NO2/c1-11-4-5-12(2)15(8-11)19-16-9-14(18-3)7-6-13(16)10-17/h4-9H,1-3H3. The van der Waals surface area contributed by atoms with E-state index < -0.39 is 0 Å². The molecule has 0 heterocycles. The van der Waals surface area contributed by atoms with Gasteiger partial charge in [0.25, 0.3) is 0 Å². The second-order valence-electron chi connectivity index (χ2n) is 4.34. The zero-order valence-electron chi connectivity index (χ0n) is 11.2. The molecule has 0 radical (unpaired) electrons. The lowest BCUT2D eigenvalue weighted by Crippen LogP contribution is -1.92. The van der Waals surface area contributed by atoms with Gasteiger partial charge in [-0.15, -0.1) is 0 Å². The molecular weight excluding hydrogens is 238 g/mol. The van der Waals surface area contributed by atoms with Crippen LogP contribution in [-0.2, 0) is 0 Å². The van der Waals surface area contributed by atoms with Crippen LogP contribution in [-0.4, -0.2) is 7.11 Å². The van der Waals surface area contributed by atoms with E-state index in [9.17, 15) is 0 Å². The van der Waals surface area contributed by atoms with Crippen LogP contribution in [0.15, 0.2) is 36.4 Å². The first-order valence-electron chi connectivity index (χ1n) is 5.97. The fraction of sp³-hybridized carbons (Fsp3) is 0.188. The third-order valence-electron chi connectivity index (χ3n) is 2.87. The minimum Gasteiger partial charge on any atom is -0.497 e. The van der Waals surface area contributed by atoms with Gasteiger partial charge in [0.15, 0.2) is 0 Å². The molecule has 2 rings (SSSR count). The number of aryl methyl sites for hydroxylation is 2. The lowest BCUT2D eigenvalue weighted by Gasteiger charge is -2.11. The number of rotatable bonds is 3. The number of nitriles is 1. The van der Waals surface area contributed by atoms with E-state index in [4.69, 9.17) is 14.7 Å². The van der Waals surface area contributed by atoms with Crippen molar-refractivity contribution < 1.29 is 9.47 Å². The third-order valence-corrected chi connectivity index (χ3v) is 2.87. The molecule has 0 unspecified atom stereocenters. The van der Waals surface area contributed by atoms with Gasteiger partial charge in [-0.1, -0.05) is 12.1 Å². The Labute approximate surface area is 113 Å². The van der Waals surface area contributed by atoms with Gasteiger partial charge in [0.05, 0.1) is 12.7 Å². The highest BCUT2D eigenvalue weighted by Crippen LogP contribution is 2.31. The predicted molar refractivity (Wildman–Crippen MR) is 73.7 cm³/mol. The highest BCUT2D eigenvalue weighted by atomic mass is 16.5. The van der Waals surface area contributed by atoms with E-state index in [2.05, 4.69) is 6.07 Å². The molecule has 0 atom stereocenters. The molecule has 19 heavy (non-hydrogen) atoms. The zero-order chi connectivity index (χ0) is 13.8. The highest BCUT2D eigenvalue weighted by molar-refractivity contribution is 5.50. The monoisotopic (exact) mass is 253 g/mol. The maximum Gasteiger partial charge on any atom is 0.148 e. The normalized spacial score (nSPS) is 9.79. The van der Waals surface area contributed by atoms with E-state index in [-0.39, 0.29) is 0 Å². The first-order valence-corrected chi connectivity index (χ1v) is 5.97. The largest absolute Gasteiger partial charge is 0.497 e. The van der Waals surface area contributed by atoms with Crippen LogP contribution in [0, 0.1) is 25.2 Å². The SMILES string of the molecule is COc1ccc(C#N)c(Oc2cc(C)ccc2C)c1. The summed E-state index contributed by atoms with van der Waals surface area (Å²) in [7, 11) is 1.59. The highest BCUT2D eigenvalue weighted by Gasteiger charge is 2.08. The van der Waals surface area contributed by atoms with Crippen molar-refractivity contribution in [2.75, 3.05) is 7.11 Å². The van der Waals surface area contributed by atoms with Gasteiger partial charge in [-0.25, -0.2) is 0 Å². The summed E-state index contributed by atoms with van der Waals surface area (Å²) >= 11 is 0. The van der Waals surface area contributed by atoms with Crippen molar-refractivity contribution in [3.63, 3.8) is 0 Å². The molecule has 96 valence electrons. The van der Waals surface area contributed by atoms with Gasteiger partial charge in [0, 0.05) is 6.07 Å². The number of hydrogen-bond donors (Lipinski definition) is 0. The van der Waals surface area contributed by atoms with Crippen molar-refractivity contribution in [1.82, 2.24) is 0 Å². The minimum atomic E-state index is 0.488. The Bertz CT molecular complexity index is 642. The predicted octanol–water partition coefficient (Wildman–Crippen LogP) is 3.98. The molecule has 0 aliphatic rings. The van der Waals surface area contributed by atoms with Gasteiger partial charge in [0.1, 0.15) is 23.3 Å². The lowest BCUT2D eigenvalue weighted by atomic mass is 10.1. The van der Waals surface area contributed by atoms with Crippen molar-refractivity contribution in [2.24, 2.45) is 0 Å². The second-order valence-corrected chi connectivity index (χ2v) is 4.34. The Morgan fingerprint density at radius 3 is 2.47 bits per heavy atom. The summed E-state index contributed by atoms with van der Waals surface area (Å²) in [5, 5.41) is 9.11. The van der Waals surface area contributed by atoms with Gasteiger partial charge in [-0.2, -0.15) is 5.26 Å². The van der Waals surface area contributed by atoms with Crippen LogP contribution in [0.3, 0.4) is 0 Å². The zero-order valence-corrected chi connectivity index (χ0v) is 11.2. The van der Waals surface area contributed by atoms with Crippen molar-refractivity contribution in [3.8, 4) is 23.3 Å². The molecule has 0 spiro atoms. The van der Waals surface area contributed by atoms with Crippen LogP contribution < -0.4 is 9.47 Å².